The largest absolute Gasteiger partial charge is 0.378 e. The summed E-state index contributed by atoms with van der Waals surface area (Å²) in [6.45, 7) is 1.87. The van der Waals surface area contributed by atoms with Gasteiger partial charge in [-0.1, -0.05) is 82.2 Å². The van der Waals surface area contributed by atoms with Crippen molar-refractivity contribution in [1.29, 1.82) is 0 Å². The number of halogens is 1. The van der Waals surface area contributed by atoms with Crippen LogP contribution in [0.25, 0.3) is 6.08 Å². The zero-order valence-corrected chi connectivity index (χ0v) is 22.1. The molecule has 8 heteroatoms. The van der Waals surface area contributed by atoms with Crippen molar-refractivity contribution in [3.8, 4) is 5.75 Å². The summed E-state index contributed by atoms with van der Waals surface area (Å²) >= 11 is 3.44. The van der Waals surface area contributed by atoms with Gasteiger partial charge in [0.15, 0.2) is 0 Å². The van der Waals surface area contributed by atoms with Crippen LogP contribution in [-0.2, 0) is 14.9 Å². The lowest BCUT2D eigenvalue weighted by Crippen LogP contribution is -2.21. The molecule has 0 saturated carbocycles. The molecule has 1 heterocycles. The molecule has 0 unspecified atom stereocenters. The molecule has 0 aliphatic carbocycles. The van der Waals surface area contributed by atoms with E-state index in [9.17, 15) is 13.2 Å². The SMILES string of the molecule is Cc1ccc(S(=O)(=O)Oc2ccc(Br)cc2/C=C2\C(=O)N(c3ccccc3)N=C2c2ccccc2)cc1. The molecule has 4 aromatic carbocycles. The maximum absolute atomic E-state index is 13.6. The van der Waals surface area contributed by atoms with Gasteiger partial charge in [0.05, 0.1) is 11.3 Å². The first-order valence-corrected chi connectivity index (χ1v) is 13.6. The fourth-order valence-electron chi connectivity index (χ4n) is 3.83. The summed E-state index contributed by atoms with van der Waals surface area (Å²) in [5.41, 5.74) is 3.50. The second kappa shape index (κ2) is 10.2. The molecule has 1 amide bonds. The lowest BCUT2D eigenvalue weighted by Gasteiger charge is -2.12. The Hall–Kier alpha value is -4.01. The van der Waals surface area contributed by atoms with Gasteiger partial charge in [-0.3, -0.25) is 4.79 Å². The Bertz CT molecular complexity index is 1630. The molecular formula is C29H21BrN2O4S. The quantitative estimate of drug-likeness (QED) is 0.199. The summed E-state index contributed by atoms with van der Waals surface area (Å²) in [6, 6.07) is 29.8. The van der Waals surface area contributed by atoms with Crippen molar-refractivity contribution < 1.29 is 17.4 Å². The van der Waals surface area contributed by atoms with Gasteiger partial charge in [-0.15, -0.1) is 0 Å². The number of anilines is 1. The summed E-state index contributed by atoms with van der Waals surface area (Å²) in [5.74, 6) is -0.244. The highest BCUT2D eigenvalue weighted by Gasteiger charge is 2.32. The molecule has 6 nitrogen and oxygen atoms in total. The maximum Gasteiger partial charge on any atom is 0.339 e. The van der Waals surface area contributed by atoms with Gasteiger partial charge >= 0.3 is 10.1 Å². The van der Waals surface area contributed by atoms with Crippen molar-refractivity contribution in [3.05, 3.63) is 130 Å². The molecule has 4 aromatic rings. The van der Waals surface area contributed by atoms with Gasteiger partial charge in [-0.2, -0.15) is 18.5 Å². The van der Waals surface area contributed by atoms with E-state index >= 15 is 0 Å². The second-order valence-electron chi connectivity index (χ2n) is 8.36. The fourth-order valence-corrected chi connectivity index (χ4v) is 5.17. The van der Waals surface area contributed by atoms with E-state index in [4.69, 9.17) is 4.18 Å². The Kier molecular flexibility index (Phi) is 6.78. The Balaban J connectivity index is 1.60. The minimum Gasteiger partial charge on any atom is -0.378 e. The van der Waals surface area contributed by atoms with Crippen molar-refractivity contribution in [2.24, 2.45) is 5.10 Å². The van der Waals surface area contributed by atoms with Crippen LogP contribution < -0.4 is 9.19 Å². The molecule has 0 atom stereocenters. The van der Waals surface area contributed by atoms with Crippen molar-refractivity contribution in [2.75, 3.05) is 5.01 Å². The molecule has 0 saturated heterocycles. The number of hydrogen-bond acceptors (Lipinski definition) is 5. The fraction of sp³-hybridized carbons (Fsp3) is 0.0345. The number of aryl methyl sites for hydroxylation is 1. The van der Waals surface area contributed by atoms with Gasteiger partial charge in [-0.05, 0) is 55.5 Å². The van der Waals surface area contributed by atoms with Crippen LogP contribution in [0.3, 0.4) is 0 Å². The highest BCUT2D eigenvalue weighted by molar-refractivity contribution is 9.10. The van der Waals surface area contributed by atoms with E-state index in [1.165, 1.54) is 17.1 Å². The summed E-state index contributed by atoms with van der Waals surface area (Å²) in [4.78, 5) is 13.6. The van der Waals surface area contributed by atoms with E-state index in [0.717, 1.165) is 11.1 Å². The molecule has 1 aliphatic heterocycles. The number of rotatable bonds is 6. The third-order valence-corrected chi connectivity index (χ3v) is 7.45. The average Bonchev–Trinajstić information content (AvgIpc) is 3.22. The standard InChI is InChI=1S/C29H21BrN2O4S/c1-20-12-15-25(16-13-20)37(34,35)36-27-17-14-23(30)18-22(27)19-26-28(21-8-4-2-5-9-21)31-32(29(26)33)24-10-6-3-7-11-24/h2-19H,1H3/b26-19-. The van der Waals surface area contributed by atoms with Gasteiger partial charge < -0.3 is 4.18 Å². The molecule has 184 valence electrons. The van der Waals surface area contributed by atoms with Crippen LogP contribution in [0, 0.1) is 6.92 Å². The van der Waals surface area contributed by atoms with E-state index in [0.29, 0.717) is 27.0 Å². The summed E-state index contributed by atoms with van der Waals surface area (Å²) in [6.07, 6.45) is 1.61. The van der Waals surface area contributed by atoms with Gasteiger partial charge in [0.1, 0.15) is 16.4 Å². The summed E-state index contributed by atoms with van der Waals surface area (Å²) < 4.78 is 32.3. The highest BCUT2D eigenvalue weighted by atomic mass is 79.9. The molecular weight excluding hydrogens is 552 g/mol. The molecule has 0 aromatic heterocycles. The van der Waals surface area contributed by atoms with Crippen LogP contribution >= 0.6 is 15.9 Å². The van der Waals surface area contributed by atoms with E-state index in [1.807, 2.05) is 55.5 Å². The average molecular weight is 573 g/mol. The van der Waals surface area contributed by atoms with Crippen LogP contribution in [-0.4, -0.2) is 20.0 Å². The molecule has 0 N–H and O–H groups in total. The zero-order chi connectivity index (χ0) is 26.0. The number of benzene rings is 4. The minimum absolute atomic E-state index is 0.0401. The lowest BCUT2D eigenvalue weighted by atomic mass is 10.00. The summed E-state index contributed by atoms with van der Waals surface area (Å²) in [5, 5.41) is 5.97. The van der Waals surface area contributed by atoms with Crippen LogP contribution in [0.5, 0.6) is 5.75 Å². The summed E-state index contributed by atoms with van der Waals surface area (Å²) in [7, 11) is -4.10. The number of para-hydroxylation sites is 1. The number of hydrazone groups is 1. The van der Waals surface area contributed by atoms with Crippen molar-refractivity contribution in [3.63, 3.8) is 0 Å². The Morgan fingerprint density at radius 2 is 1.51 bits per heavy atom. The van der Waals surface area contributed by atoms with Crippen LogP contribution in [0.2, 0.25) is 0 Å². The third kappa shape index (κ3) is 5.26. The van der Waals surface area contributed by atoms with E-state index < -0.39 is 10.1 Å². The molecule has 1 aliphatic rings. The topological polar surface area (TPSA) is 76.0 Å². The molecule has 5 rings (SSSR count). The third-order valence-electron chi connectivity index (χ3n) is 5.71. The van der Waals surface area contributed by atoms with Gasteiger partial charge in [0.25, 0.3) is 5.91 Å². The number of carbonyl (C=O) groups excluding carboxylic acids is 1. The molecule has 0 radical (unpaired) electrons. The first-order valence-electron chi connectivity index (χ1n) is 11.4. The first-order chi connectivity index (χ1) is 17.8. The number of nitrogens with zero attached hydrogens (tertiary/aromatic N) is 2. The van der Waals surface area contributed by atoms with Crippen molar-refractivity contribution in [2.45, 2.75) is 11.8 Å². The number of carbonyl (C=O) groups is 1. The molecule has 0 bridgehead atoms. The van der Waals surface area contributed by atoms with E-state index in [-0.39, 0.29) is 16.6 Å². The highest BCUT2D eigenvalue weighted by Crippen LogP contribution is 2.32. The van der Waals surface area contributed by atoms with E-state index in [2.05, 4.69) is 21.0 Å². The van der Waals surface area contributed by atoms with Crippen molar-refractivity contribution >= 4 is 49.4 Å². The first kappa shape index (κ1) is 24.7. The monoisotopic (exact) mass is 572 g/mol. The van der Waals surface area contributed by atoms with Crippen LogP contribution in [0.15, 0.2) is 123 Å². The minimum atomic E-state index is -4.10. The Morgan fingerprint density at radius 1 is 0.865 bits per heavy atom. The Labute approximate surface area is 223 Å². The predicted molar refractivity (Wildman–Crippen MR) is 148 cm³/mol. The van der Waals surface area contributed by atoms with Crippen LogP contribution in [0.4, 0.5) is 5.69 Å². The van der Waals surface area contributed by atoms with Gasteiger partial charge in [0.2, 0.25) is 0 Å². The maximum atomic E-state index is 13.6. The Morgan fingerprint density at radius 3 is 2.19 bits per heavy atom. The normalized spacial score (nSPS) is 14.6. The second-order valence-corrected chi connectivity index (χ2v) is 10.8. The number of amides is 1. The number of hydrogen-bond donors (Lipinski definition) is 0. The van der Waals surface area contributed by atoms with Crippen molar-refractivity contribution in [1.82, 2.24) is 0 Å². The lowest BCUT2D eigenvalue weighted by molar-refractivity contribution is -0.114. The molecule has 0 fully saturated rings. The molecule has 37 heavy (non-hydrogen) atoms. The molecule has 0 spiro atoms. The zero-order valence-electron chi connectivity index (χ0n) is 19.7. The van der Waals surface area contributed by atoms with Gasteiger partial charge in [0, 0.05) is 15.6 Å². The van der Waals surface area contributed by atoms with E-state index in [1.54, 1.807) is 48.5 Å². The predicted octanol–water partition coefficient (Wildman–Crippen LogP) is 6.36. The van der Waals surface area contributed by atoms with Crippen LogP contribution in [0.1, 0.15) is 16.7 Å². The smallest absolute Gasteiger partial charge is 0.339 e. The van der Waals surface area contributed by atoms with Gasteiger partial charge in [-0.25, -0.2) is 0 Å².